The van der Waals surface area contributed by atoms with Crippen LogP contribution in [-0.4, -0.2) is 21.9 Å². The summed E-state index contributed by atoms with van der Waals surface area (Å²) in [7, 11) is 0. The third-order valence-corrected chi connectivity index (χ3v) is 2.19. The number of furan rings is 1. The van der Waals surface area contributed by atoms with E-state index in [1.165, 1.54) is 0 Å². The summed E-state index contributed by atoms with van der Waals surface area (Å²) in [5, 5.41) is 15.9. The SMILES string of the molecule is Cc1[nH]nc(-c2ccco2)c1CCO. The number of aliphatic hydroxyl groups is 1. The molecule has 14 heavy (non-hydrogen) atoms. The Morgan fingerprint density at radius 1 is 1.57 bits per heavy atom. The Morgan fingerprint density at radius 3 is 3.07 bits per heavy atom. The fraction of sp³-hybridized carbons (Fsp3) is 0.300. The third-order valence-electron chi connectivity index (χ3n) is 2.19. The first kappa shape index (κ1) is 9.02. The summed E-state index contributed by atoms with van der Waals surface area (Å²) in [5.74, 6) is 0.734. The van der Waals surface area contributed by atoms with Crippen molar-refractivity contribution in [2.75, 3.05) is 6.61 Å². The molecule has 0 saturated carbocycles. The second-order valence-corrected chi connectivity index (χ2v) is 3.13. The minimum absolute atomic E-state index is 0.119. The number of nitrogens with one attached hydrogen (secondary N) is 1. The summed E-state index contributed by atoms with van der Waals surface area (Å²) >= 11 is 0. The molecule has 0 atom stereocenters. The molecule has 0 fully saturated rings. The Balaban J connectivity index is 2.43. The summed E-state index contributed by atoms with van der Waals surface area (Å²) in [6, 6.07) is 3.68. The van der Waals surface area contributed by atoms with Crippen LogP contribution in [0.3, 0.4) is 0 Å². The van der Waals surface area contributed by atoms with Gasteiger partial charge >= 0.3 is 0 Å². The highest BCUT2D eigenvalue weighted by molar-refractivity contribution is 5.58. The Labute approximate surface area is 81.6 Å². The van der Waals surface area contributed by atoms with Gasteiger partial charge in [-0.15, -0.1) is 0 Å². The van der Waals surface area contributed by atoms with Crippen LogP contribution in [0.1, 0.15) is 11.3 Å². The van der Waals surface area contributed by atoms with Gasteiger partial charge in [0.15, 0.2) is 5.76 Å². The van der Waals surface area contributed by atoms with Gasteiger partial charge in [0.2, 0.25) is 0 Å². The fourth-order valence-electron chi connectivity index (χ4n) is 1.49. The second-order valence-electron chi connectivity index (χ2n) is 3.13. The second kappa shape index (κ2) is 3.67. The van der Waals surface area contributed by atoms with Crippen molar-refractivity contribution in [1.82, 2.24) is 10.2 Å². The summed E-state index contributed by atoms with van der Waals surface area (Å²) in [6.45, 7) is 2.05. The summed E-state index contributed by atoms with van der Waals surface area (Å²) in [4.78, 5) is 0. The average molecular weight is 192 g/mol. The molecule has 0 aliphatic carbocycles. The first-order valence-electron chi connectivity index (χ1n) is 4.51. The molecule has 0 aliphatic heterocycles. The molecule has 0 radical (unpaired) electrons. The van der Waals surface area contributed by atoms with Crippen molar-refractivity contribution < 1.29 is 9.52 Å². The number of nitrogens with zero attached hydrogens (tertiary/aromatic N) is 1. The number of rotatable bonds is 3. The molecule has 2 heterocycles. The Kier molecular flexibility index (Phi) is 2.37. The van der Waals surface area contributed by atoms with E-state index in [-0.39, 0.29) is 6.61 Å². The molecular formula is C10H12N2O2. The monoisotopic (exact) mass is 192 g/mol. The van der Waals surface area contributed by atoms with E-state index in [9.17, 15) is 0 Å². The minimum Gasteiger partial charge on any atom is -0.463 e. The largest absolute Gasteiger partial charge is 0.463 e. The lowest BCUT2D eigenvalue weighted by Gasteiger charge is -1.98. The van der Waals surface area contributed by atoms with E-state index in [1.54, 1.807) is 6.26 Å². The molecule has 0 bridgehead atoms. The van der Waals surface area contributed by atoms with Gasteiger partial charge in [-0.1, -0.05) is 0 Å². The summed E-state index contributed by atoms with van der Waals surface area (Å²) < 4.78 is 5.26. The standard InChI is InChI=1S/C10H12N2O2/c1-7-8(4-5-13)10(12-11-7)9-3-2-6-14-9/h2-3,6,13H,4-5H2,1H3,(H,11,12). The van der Waals surface area contributed by atoms with Gasteiger partial charge in [0.05, 0.1) is 6.26 Å². The molecule has 0 saturated heterocycles. The average Bonchev–Trinajstić information content (AvgIpc) is 2.77. The van der Waals surface area contributed by atoms with Crippen molar-refractivity contribution in [1.29, 1.82) is 0 Å². The number of aromatic amines is 1. The Hall–Kier alpha value is -1.55. The van der Waals surface area contributed by atoms with Crippen LogP contribution in [-0.2, 0) is 6.42 Å². The number of aromatic nitrogens is 2. The van der Waals surface area contributed by atoms with Crippen LogP contribution in [0, 0.1) is 6.92 Å². The predicted molar refractivity (Wildman–Crippen MR) is 51.8 cm³/mol. The number of hydrogen-bond donors (Lipinski definition) is 2. The molecule has 2 rings (SSSR count). The molecule has 0 spiro atoms. The Morgan fingerprint density at radius 2 is 2.43 bits per heavy atom. The first-order valence-corrected chi connectivity index (χ1v) is 4.51. The van der Waals surface area contributed by atoms with Gasteiger partial charge in [-0.3, -0.25) is 5.10 Å². The quantitative estimate of drug-likeness (QED) is 0.774. The van der Waals surface area contributed by atoms with Crippen molar-refractivity contribution in [2.24, 2.45) is 0 Å². The van der Waals surface area contributed by atoms with Crippen LogP contribution in [0.4, 0.5) is 0 Å². The molecular weight excluding hydrogens is 180 g/mol. The highest BCUT2D eigenvalue weighted by atomic mass is 16.3. The van der Waals surface area contributed by atoms with E-state index >= 15 is 0 Å². The maximum atomic E-state index is 8.91. The van der Waals surface area contributed by atoms with Gasteiger partial charge in [-0.25, -0.2) is 0 Å². The molecule has 0 amide bonds. The molecule has 2 aromatic heterocycles. The lowest BCUT2D eigenvalue weighted by atomic mass is 10.1. The van der Waals surface area contributed by atoms with Gasteiger partial charge in [0, 0.05) is 17.9 Å². The van der Waals surface area contributed by atoms with Crippen LogP contribution in [0.2, 0.25) is 0 Å². The van der Waals surface area contributed by atoms with Crippen LogP contribution in [0.5, 0.6) is 0 Å². The van der Waals surface area contributed by atoms with Crippen LogP contribution >= 0.6 is 0 Å². The number of hydrogen-bond acceptors (Lipinski definition) is 3. The number of H-pyrrole nitrogens is 1. The Bertz CT molecular complexity index is 404. The topological polar surface area (TPSA) is 62.0 Å². The normalized spacial score (nSPS) is 10.7. The van der Waals surface area contributed by atoms with Crippen molar-refractivity contribution in [3.05, 3.63) is 29.7 Å². The molecule has 74 valence electrons. The number of aryl methyl sites for hydroxylation is 1. The van der Waals surface area contributed by atoms with E-state index in [0.29, 0.717) is 6.42 Å². The zero-order valence-electron chi connectivity index (χ0n) is 7.95. The third kappa shape index (κ3) is 1.44. The smallest absolute Gasteiger partial charge is 0.154 e. The van der Waals surface area contributed by atoms with Crippen molar-refractivity contribution in [2.45, 2.75) is 13.3 Å². The van der Waals surface area contributed by atoms with Gasteiger partial charge in [-0.2, -0.15) is 5.10 Å². The predicted octanol–water partition coefficient (Wildman–Crippen LogP) is 1.51. The maximum absolute atomic E-state index is 8.91. The van der Waals surface area contributed by atoms with Crippen LogP contribution < -0.4 is 0 Å². The highest BCUT2D eigenvalue weighted by Gasteiger charge is 2.13. The molecule has 4 heteroatoms. The van der Waals surface area contributed by atoms with E-state index in [4.69, 9.17) is 9.52 Å². The van der Waals surface area contributed by atoms with Crippen molar-refractivity contribution in [3.8, 4) is 11.5 Å². The highest BCUT2D eigenvalue weighted by Crippen LogP contribution is 2.23. The number of aliphatic hydroxyl groups excluding tert-OH is 1. The molecule has 0 unspecified atom stereocenters. The lowest BCUT2D eigenvalue weighted by Crippen LogP contribution is -1.93. The zero-order valence-corrected chi connectivity index (χ0v) is 7.95. The van der Waals surface area contributed by atoms with Crippen LogP contribution in [0.15, 0.2) is 22.8 Å². The van der Waals surface area contributed by atoms with Gasteiger partial charge in [0.25, 0.3) is 0 Å². The lowest BCUT2D eigenvalue weighted by molar-refractivity contribution is 0.299. The summed E-state index contributed by atoms with van der Waals surface area (Å²) in [5.41, 5.74) is 2.79. The minimum atomic E-state index is 0.119. The fourth-order valence-corrected chi connectivity index (χ4v) is 1.49. The van der Waals surface area contributed by atoms with E-state index in [0.717, 1.165) is 22.7 Å². The molecule has 2 aromatic rings. The maximum Gasteiger partial charge on any atom is 0.154 e. The van der Waals surface area contributed by atoms with E-state index in [1.807, 2.05) is 19.1 Å². The molecule has 4 nitrogen and oxygen atoms in total. The first-order chi connectivity index (χ1) is 6.83. The van der Waals surface area contributed by atoms with E-state index < -0.39 is 0 Å². The van der Waals surface area contributed by atoms with Gasteiger partial charge in [-0.05, 0) is 25.5 Å². The van der Waals surface area contributed by atoms with Crippen molar-refractivity contribution in [3.63, 3.8) is 0 Å². The molecule has 2 N–H and O–H groups in total. The van der Waals surface area contributed by atoms with E-state index in [2.05, 4.69) is 10.2 Å². The van der Waals surface area contributed by atoms with Crippen LogP contribution in [0.25, 0.3) is 11.5 Å². The summed E-state index contributed by atoms with van der Waals surface area (Å²) in [6.07, 6.45) is 2.21. The van der Waals surface area contributed by atoms with Crippen molar-refractivity contribution >= 4 is 0 Å². The molecule has 0 aromatic carbocycles. The van der Waals surface area contributed by atoms with Gasteiger partial charge in [0.1, 0.15) is 5.69 Å². The molecule has 0 aliphatic rings. The zero-order chi connectivity index (χ0) is 9.97. The van der Waals surface area contributed by atoms with Gasteiger partial charge < -0.3 is 9.52 Å².